The Balaban J connectivity index is 4.10. The maximum atomic E-state index is 3.78. The zero-order valence-electron chi connectivity index (χ0n) is 5.46. The number of rotatable bonds is 2. The molecular formula is C6H9N3. The van der Waals surface area contributed by atoms with Crippen LogP contribution in [0.5, 0.6) is 0 Å². The summed E-state index contributed by atoms with van der Waals surface area (Å²) in [5.74, 6) is 0.910. The lowest BCUT2D eigenvalue weighted by atomic mass is 10.7. The molecule has 0 aliphatic rings. The van der Waals surface area contributed by atoms with E-state index < -0.39 is 0 Å². The Morgan fingerprint density at radius 3 is 2.11 bits per heavy atom. The van der Waals surface area contributed by atoms with E-state index in [1.165, 1.54) is 0 Å². The maximum Gasteiger partial charge on any atom is 0.146 e. The van der Waals surface area contributed by atoms with E-state index in [0.717, 1.165) is 0 Å². The van der Waals surface area contributed by atoms with Crippen molar-refractivity contribution in [2.75, 3.05) is 0 Å². The van der Waals surface area contributed by atoms with Crippen LogP contribution in [0.25, 0.3) is 0 Å². The standard InChI is InChI=1S/C6H9N3/c1-5(7-3)9-6(2)8-4/h1,3-4H2,2H3. The summed E-state index contributed by atoms with van der Waals surface area (Å²) in [6.07, 6.45) is 0. The van der Waals surface area contributed by atoms with Crippen molar-refractivity contribution in [2.24, 2.45) is 15.0 Å². The molecule has 3 heteroatoms. The van der Waals surface area contributed by atoms with Gasteiger partial charge in [0.05, 0.1) is 0 Å². The number of hydrogen-bond acceptors (Lipinski definition) is 2. The summed E-state index contributed by atoms with van der Waals surface area (Å²) in [6, 6.07) is 0. The monoisotopic (exact) mass is 123 g/mol. The Morgan fingerprint density at radius 1 is 1.22 bits per heavy atom. The Hall–Kier alpha value is -1.25. The fourth-order valence-corrected chi connectivity index (χ4v) is 0.257. The van der Waals surface area contributed by atoms with E-state index in [0.29, 0.717) is 11.7 Å². The summed E-state index contributed by atoms with van der Waals surface area (Å²) in [7, 11) is 0. The maximum absolute atomic E-state index is 3.78. The Labute approximate surface area is 54.6 Å². The second kappa shape index (κ2) is 3.72. The third-order valence-corrected chi connectivity index (χ3v) is 0.702. The van der Waals surface area contributed by atoms with Crippen molar-refractivity contribution in [2.45, 2.75) is 6.92 Å². The van der Waals surface area contributed by atoms with Gasteiger partial charge in [-0.05, 0) is 20.4 Å². The number of hydrogen-bond donors (Lipinski definition) is 0. The topological polar surface area (TPSA) is 37.1 Å². The molecule has 0 atom stereocenters. The molecule has 0 aliphatic carbocycles. The van der Waals surface area contributed by atoms with Crippen molar-refractivity contribution in [3.8, 4) is 0 Å². The number of aliphatic imine (C=N–C) groups is 3. The molecule has 3 nitrogen and oxygen atoms in total. The highest BCUT2D eigenvalue weighted by Gasteiger charge is 1.82. The summed E-state index contributed by atoms with van der Waals surface area (Å²) in [4.78, 5) is 10.8. The van der Waals surface area contributed by atoms with Crippen molar-refractivity contribution in [1.82, 2.24) is 0 Å². The van der Waals surface area contributed by atoms with Crippen LogP contribution in [-0.2, 0) is 0 Å². The molecular weight excluding hydrogens is 114 g/mol. The largest absolute Gasteiger partial charge is 0.249 e. The molecule has 0 aromatic heterocycles. The summed E-state index contributed by atoms with van der Waals surface area (Å²) >= 11 is 0. The number of amidine groups is 1. The predicted octanol–water partition coefficient (Wildman–Crippen LogP) is 1.28. The van der Waals surface area contributed by atoms with E-state index in [1.807, 2.05) is 0 Å². The predicted molar refractivity (Wildman–Crippen MR) is 41.3 cm³/mol. The molecule has 0 fully saturated rings. The first-order valence-electron chi connectivity index (χ1n) is 2.38. The highest BCUT2D eigenvalue weighted by molar-refractivity contribution is 5.84. The quantitative estimate of drug-likeness (QED) is 0.392. The van der Waals surface area contributed by atoms with E-state index in [1.54, 1.807) is 6.92 Å². The van der Waals surface area contributed by atoms with Crippen LogP contribution in [0.15, 0.2) is 27.4 Å². The zero-order valence-corrected chi connectivity index (χ0v) is 5.46. The Bertz CT molecular complexity index is 167. The third-order valence-electron chi connectivity index (χ3n) is 0.702. The van der Waals surface area contributed by atoms with Gasteiger partial charge in [-0.3, -0.25) is 0 Å². The number of nitrogens with zero attached hydrogens (tertiary/aromatic N) is 3. The fourth-order valence-electron chi connectivity index (χ4n) is 0.257. The molecule has 0 aliphatic heterocycles. The average molecular weight is 123 g/mol. The van der Waals surface area contributed by atoms with Gasteiger partial charge >= 0.3 is 0 Å². The second-order valence-electron chi connectivity index (χ2n) is 1.39. The second-order valence-corrected chi connectivity index (χ2v) is 1.39. The lowest BCUT2D eigenvalue weighted by Gasteiger charge is -1.88. The highest BCUT2D eigenvalue weighted by Crippen LogP contribution is 1.92. The van der Waals surface area contributed by atoms with Crippen LogP contribution in [0.2, 0.25) is 0 Å². The first kappa shape index (κ1) is 7.75. The molecule has 9 heavy (non-hydrogen) atoms. The molecule has 0 saturated carbocycles. The minimum atomic E-state index is 0.361. The van der Waals surface area contributed by atoms with Gasteiger partial charge in [0.2, 0.25) is 0 Å². The molecule has 0 heterocycles. The van der Waals surface area contributed by atoms with E-state index >= 15 is 0 Å². The normalized spacial score (nSPS) is 10.6. The molecule has 0 amide bonds. The summed E-state index contributed by atoms with van der Waals surface area (Å²) in [5.41, 5.74) is 0. The van der Waals surface area contributed by atoms with Crippen LogP contribution in [0.1, 0.15) is 6.92 Å². The van der Waals surface area contributed by atoms with Gasteiger partial charge in [-0.2, -0.15) is 0 Å². The lowest BCUT2D eigenvalue weighted by molar-refractivity contribution is 1.25. The van der Waals surface area contributed by atoms with Gasteiger partial charge < -0.3 is 0 Å². The highest BCUT2D eigenvalue weighted by atomic mass is 15.0. The van der Waals surface area contributed by atoms with Gasteiger partial charge in [0, 0.05) is 0 Å². The van der Waals surface area contributed by atoms with Crippen molar-refractivity contribution >= 4 is 19.3 Å². The van der Waals surface area contributed by atoms with Crippen molar-refractivity contribution < 1.29 is 0 Å². The smallest absolute Gasteiger partial charge is 0.146 e. The van der Waals surface area contributed by atoms with Gasteiger partial charge in [0.1, 0.15) is 11.7 Å². The molecule has 0 N–H and O–H groups in total. The SMILES string of the molecule is C=NC(=C)N=C(C)N=C. The van der Waals surface area contributed by atoms with Crippen LogP contribution >= 0.6 is 0 Å². The van der Waals surface area contributed by atoms with Crippen LogP contribution in [-0.4, -0.2) is 19.3 Å². The van der Waals surface area contributed by atoms with Crippen LogP contribution in [0.4, 0.5) is 0 Å². The van der Waals surface area contributed by atoms with Crippen molar-refractivity contribution in [1.29, 1.82) is 0 Å². The van der Waals surface area contributed by atoms with Crippen LogP contribution < -0.4 is 0 Å². The Morgan fingerprint density at radius 2 is 1.78 bits per heavy atom. The average Bonchev–Trinajstić information content (AvgIpc) is 1.87. The third kappa shape index (κ3) is 3.34. The fraction of sp³-hybridized carbons (Fsp3) is 0.167. The molecule has 0 aromatic rings. The van der Waals surface area contributed by atoms with E-state index in [4.69, 9.17) is 0 Å². The molecule has 0 saturated heterocycles. The van der Waals surface area contributed by atoms with Gasteiger partial charge in [-0.25, -0.2) is 15.0 Å². The lowest BCUT2D eigenvalue weighted by Crippen LogP contribution is -1.82. The minimum absolute atomic E-state index is 0.361. The zero-order chi connectivity index (χ0) is 7.28. The molecule has 0 rings (SSSR count). The van der Waals surface area contributed by atoms with Gasteiger partial charge in [-0.15, -0.1) is 0 Å². The first-order valence-corrected chi connectivity index (χ1v) is 2.38. The van der Waals surface area contributed by atoms with Crippen LogP contribution in [0, 0.1) is 0 Å². The van der Waals surface area contributed by atoms with E-state index in [-0.39, 0.29) is 0 Å². The molecule has 0 spiro atoms. The molecule has 0 bridgehead atoms. The van der Waals surface area contributed by atoms with Gasteiger partial charge in [-0.1, -0.05) is 6.58 Å². The van der Waals surface area contributed by atoms with E-state index in [9.17, 15) is 0 Å². The minimum Gasteiger partial charge on any atom is -0.249 e. The van der Waals surface area contributed by atoms with Crippen molar-refractivity contribution in [3.63, 3.8) is 0 Å². The Kier molecular flexibility index (Phi) is 3.20. The van der Waals surface area contributed by atoms with Crippen molar-refractivity contribution in [3.05, 3.63) is 12.4 Å². The molecule has 0 radical (unpaired) electrons. The molecule has 0 aromatic carbocycles. The van der Waals surface area contributed by atoms with Crippen LogP contribution in [0.3, 0.4) is 0 Å². The van der Waals surface area contributed by atoms with Gasteiger partial charge in [0.15, 0.2) is 0 Å². The first-order chi connectivity index (χ1) is 4.20. The molecule has 0 unspecified atom stereocenters. The summed E-state index contributed by atoms with van der Waals surface area (Å²) in [6.45, 7) is 11.7. The van der Waals surface area contributed by atoms with Gasteiger partial charge in [0.25, 0.3) is 0 Å². The van der Waals surface area contributed by atoms with E-state index in [2.05, 4.69) is 35.0 Å². The molecule has 48 valence electrons. The summed E-state index contributed by atoms with van der Waals surface area (Å²) < 4.78 is 0. The summed E-state index contributed by atoms with van der Waals surface area (Å²) in [5, 5.41) is 0.